The Morgan fingerprint density at radius 1 is 1.00 bits per heavy atom. The van der Waals surface area contributed by atoms with Gasteiger partial charge in [-0.05, 0) is 31.0 Å². The van der Waals surface area contributed by atoms with Gasteiger partial charge >= 0.3 is 5.97 Å². The summed E-state index contributed by atoms with van der Waals surface area (Å²) < 4.78 is 15.4. The molecule has 0 spiro atoms. The summed E-state index contributed by atoms with van der Waals surface area (Å²) in [6, 6.07) is 11.3. The first-order valence-electron chi connectivity index (χ1n) is 9.82. The van der Waals surface area contributed by atoms with Crippen LogP contribution in [0, 0.1) is 5.82 Å². The first-order chi connectivity index (χ1) is 14.8. The normalized spacial score (nSPS) is 17.9. The zero-order valence-corrected chi connectivity index (χ0v) is 18.1. The van der Waals surface area contributed by atoms with E-state index in [0.29, 0.717) is 24.8 Å². The van der Waals surface area contributed by atoms with Crippen LogP contribution in [0.15, 0.2) is 58.6 Å². The Kier molecular flexibility index (Phi) is 7.22. The molecule has 31 heavy (non-hydrogen) atoms. The highest BCUT2D eigenvalue weighted by Crippen LogP contribution is 2.40. The van der Waals surface area contributed by atoms with E-state index in [1.54, 1.807) is 30.3 Å². The maximum atomic E-state index is 14.7. The molecule has 0 aliphatic carbocycles. The fourth-order valence-corrected chi connectivity index (χ4v) is 3.89. The number of halogens is 2. The van der Waals surface area contributed by atoms with E-state index in [-0.39, 0.29) is 29.9 Å². The van der Waals surface area contributed by atoms with Gasteiger partial charge in [0.1, 0.15) is 11.6 Å². The summed E-state index contributed by atoms with van der Waals surface area (Å²) in [5, 5.41) is 19.6. The number of hydrogen-bond acceptors (Lipinski definition) is 4. The fraction of sp³-hybridized carbons (Fsp3) is 0.261. The van der Waals surface area contributed by atoms with Gasteiger partial charge in [0.25, 0.3) is 11.7 Å². The minimum absolute atomic E-state index is 0.0130. The molecule has 1 amide bonds. The Morgan fingerprint density at radius 2 is 1.68 bits per heavy atom. The Morgan fingerprint density at radius 3 is 2.32 bits per heavy atom. The number of unbranched alkanes of at least 4 members (excludes halogenated alkanes) is 2. The van der Waals surface area contributed by atoms with E-state index in [1.165, 1.54) is 23.1 Å². The number of Topliss-reactive ketones (excluding diaryl/α,β-unsaturated/α-hetero) is 1. The summed E-state index contributed by atoms with van der Waals surface area (Å²) in [6.07, 6.45) is 1.43. The lowest BCUT2D eigenvalue weighted by molar-refractivity contribution is -0.140. The van der Waals surface area contributed by atoms with Gasteiger partial charge < -0.3 is 15.1 Å². The number of likely N-dealkylation sites (tertiary alicyclic amines) is 1. The van der Waals surface area contributed by atoms with Crippen molar-refractivity contribution in [2.24, 2.45) is 0 Å². The molecular formula is C23H21BrFNO5. The van der Waals surface area contributed by atoms with E-state index in [4.69, 9.17) is 5.11 Å². The van der Waals surface area contributed by atoms with Crippen molar-refractivity contribution in [1.29, 1.82) is 0 Å². The van der Waals surface area contributed by atoms with E-state index < -0.39 is 29.5 Å². The molecule has 3 rings (SSSR count). The second kappa shape index (κ2) is 9.87. The molecule has 2 aromatic carbocycles. The van der Waals surface area contributed by atoms with Crippen molar-refractivity contribution < 1.29 is 29.0 Å². The second-order valence-corrected chi connectivity index (χ2v) is 8.14. The number of carboxylic acid groups (broad SMARTS) is 1. The highest BCUT2D eigenvalue weighted by molar-refractivity contribution is 9.10. The highest BCUT2D eigenvalue weighted by Gasteiger charge is 2.46. The van der Waals surface area contributed by atoms with E-state index >= 15 is 0 Å². The van der Waals surface area contributed by atoms with Gasteiger partial charge in [0, 0.05) is 28.6 Å². The molecule has 6 nitrogen and oxygen atoms in total. The molecule has 1 aliphatic rings. The van der Waals surface area contributed by atoms with Crippen LogP contribution in [0.25, 0.3) is 5.76 Å². The van der Waals surface area contributed by atoms with E-state index in [0.717, 1.165) is 4.47 Å². The molecule has 1 aliphatic heterocycles. The molecule has 0 aromatic heterocycles. The molecule has 1 atom stereocenters. The number of carboxylic acids is 1. The molecule has 162 valence electrons. The van der Waals surface area contributed by atoms with Gasteiger partial charge in [-0.15, -0.1) is 0 Å². The fourth-order valence-electron chi connectivity index (χ4n) is 3.63. The number of benzene rings is 2. The van der Waals surface area contributed by atoms with Crippen molar-refractivity contribution >= 4 is 39.3 Å². The van der Waals surface area contributed by atoms with Gasteiger partial charge in [0.2, 0.25) is 0 Å². The molecule has 0 radical (unpaired) electrons. The third-order valence-corrected chi connectivity index (χ3v) is 5.68. The topological polar surface area (TPSA) is 94.9 Å². The van der Waals surface area contributed by atoms with Crippen LogP contribution in [-0.2, 0) is 14.4 Å². The number of aliphatic hydroxyl groups is 1. The van der Waals surface area contributed by atoms with Crippen molar-refractivity contribution in [2.75, 3.05) is 6.54 Å². The molecule has 2 aromatic rings. The number of hydrogen-bond donors (Lipinski definition) is 2. The maximum absolute atomic E-state index is 14.7. The summed E-state index contributed by atoms with van der Waals surface area (Å²) in [5.74, 6) is -3.55. The maximum Gasteiger partial charge on any atom is 0.303 e. The van der Waals surface area contributed by atoms with Crippen LogP contribution in [0.5, 0.6) is 0 Å². The predicted molar refractivity (Wildman–Crippen MR) is 116 cm³/mol. The third-order valence-electron chi connectivity index (χ3n) is 5.15. The van der Waals surface area contributed by atoms with Crippen LogP contribution < -0.4 is 0 Å². The van der Waals surface area contributed by atoms with Crippen molar-refractivity contribution in [3.63, 3.8) is 0 Å². The van der Waals surface area contributed by atoms with Gasteiger partial charge in [-0.25, -0.2) is 4.39 Å². The van der Waals surface area contributed by atoms with E-state index in [9.17, 15) is 23.9 Å². The molecule has 0 saturated carbocycles. The minimum Gasteiger partial charge on any atom is -0.507 e. The second-order valence-electron chi connectivity index (χ2n) is 7.23. The zero-order valence-electron chi connectivity index (χ0n) is 16.6. The number of amides is 1. The third kappa shape index (κ3) is 5.02. The summed E-state index contributed by atoms with van der Waals surface area (Å²) in [6.45, 7) is 0.139. The van der Waals surface area contributed by atoms with Crippen molar-refractivity contribution in [1.82, 2.24) is 4.90 Å². The van der Waals surface area contributed by atoms with Crippen LogP contribution in [-0.4, -0.2) is 39.3 Å². The molecule has 2 N–H and O–H groups in total. The zero-order chi connectivity index (χ0) is 22.5. The van der Waals surface area contributed by atoms with E-state index in [2.05, 4.69) is 15.9 Å². The van der Waals surface area contributed by atoms with Gasteiger partial charge in [-0.3, -0.25) is 14.4 Å². The molecule has 0 bridgehead atoms. The predicted octanol–water partition coefficient (Wildman–Crippen LogP) is 4.65. The quantitative estimate of drug-likeness (QED) is 0.243. The number of nitrogens with zero attached hydrogens (tertiary/aromatic N) is 1. The molecule has 1 unspecified atom stereocenters. The van der Waals surface area contributed by atoms with Crippen molar-refractivity contribution in [3.8, 4) is 0 Å². The monoisotopic (exact) mass is 489 g/mol. The number of carbonyl (C=O) groups excluding carboxylic acids is 2. The number of rotatable bonds is 8. The van der Waals surface area contributed by atoms with Gasteiger partial charge in [0.15, 0.2) is 0 Å². The summed E-state index contributed by atoms with van der Waals surface area (Å²) >= 11 is 3.30. The van der Waals surface area contributed by atoms with Crippen LogP contribution >= 0.6 is 15.9 Å². The summed E-state index contributed by atoms with van der Waals surface area (Å²) in [4.78, 5) is 37.6. The molecule has 1 saturated heterocycles. The first-order valence-corrected chi connectivity index (χ1v) is 10.6. The summed E-state index contributed by atoms with van der Waals surface area (Å²) in [5.41, 5.74) is 0.290. The van der Waals surface area contributed by atoms with Crippen LogP contribution in [0.4, 0.5) is 4.39 Å². The molecule has 1 fully saturated rings. The van der Waals surface area contributed by atoms with Gasteiger partial charge in [-0.2, -0.15) is 0 Å². The Labute approximate surface area is 187 Å². The van der Waals surface area contributed by atoms with E-state index in [1.807, 2.05) is 0 Å². The molecular weight excluding hydrogens is 469 g/mol. The lowest BCUT2D eigenvalue weighted by Crippen LogP contribution is -2.31. The number of ketones is 1. The molecule has 1 heterocycles. The van der Waals surface area contributed by atoms with Gasteiger partial charge in [0.05, 0.1) is 11.6 Å². The lowest BCUT2D eigenvalue weighted by Gasteiger charge is -2.25. The Hall–Kier alpha value is -3.00. The number of aliphatic hydroxyl groups excluding tert-OH is 1. The van der Waals surface area contributed by atoms with Crippen LogP contribution in [0.1, 0.15) is 42.9 Å². The highest BCUT2D eigenvalue weighted by atomic mass is 79.9. The molecule has 8 heteroatoms. The lowest BCUT2D eigenvalue weighted by atomic mass is 9.95. The van der Waals surface area contributed by atoms with Crippen LogP contribution in [0.2, 0.25) is 0 Å². The van der Waals surface area contributed by atoms with Crippen LogP contribution in [0.3, 0.4) is 0 Å². The standard InChI is InChI=1S/C23H21BrFNO5/c24-15-11-9-14(10-12-15)21(29)19-20(16-6-3-4-7-17(16)25)26(23(31)22(19)30)13-5-1-2-8-18(27)28/h3-4,6-7,9-12,20,29H,1-2,5,8,13H2,(H,27,28)/b21-19-. The Balaban J connectivity index is 1.99. The average molecular weight is 490 g/mol. The Bertz CT molecular complexity index is 1030. The minimum atomic E-state index is -1.07. The summed E-state index contributed by atoms with van der Waals surface area (Å²) in [7, 11) is 0. The van der Waals surface area contributed by atoms with Crippen molar-refractivity contribution in [3.05, 3.63) is 75.5 Å². The first kappa shape index (κ1) is 22.7. The van der Waals surface area contributed by atoms with Crippen molar-refractivity contribution in [2.45, 2.75) is 31.7 Å². The number of aliphatic carboxylic acids is 1. The van der Waals surface area contributed by atoms with Gasteiger partial charge in [-0.1, -0.05) is 52.7 Å². The number of carbonyl (C=O) groups is 3. The smallest absolute Gasteiger partial charge is 0.303 e. The average Bonchev–Trinajstić information content (AvgIpc) is 2.98. The SMILES string of the molecule is O=C(O)CCCCCN1C(=O)C(=O)/C(=C(\O)c2ccc(Br)cc2)C1c1ccccc1F. The largest absolute Gasteiger partial charge is 0.507 e.